The van der Waals surface area contributed by atoms with Gasteiger partial charge in [-0.3, -0.25) is 5.10 Å². The van der Waals surface area contributed by atoms with Gasteiger partial charge < -0.3 is 21.3 Å². The minimum Gasteiger partial charge on any atom is -0.511 e. The number of fused-ring (bicyclic) bond motifs is 1. The molecule has 0 aliphatic carbocycles. The smallest absolute Gasteiger partial charge is 0.349 e. The first-order valence-electron chi connectivity index (χ1n) is 12.3. The van der Waals surface area contributed by atoms with Crippen molar-refractivity contribution in [2.75, 3.05) is 11.5 Å². The van der Waals surface area contributed by atoms with Crippen LogP contribution in [-0.4, -0.2) is 26.9 Å². The lowest BCUT2D eigenvalue weighted by atomic mass is 9.80. The molecule has 4 rings (SSSR count). The highest BCUT2D eigenvalue weighted by Gasteiger charge is 2.44. The van der Waals surface area contributed by atoms with Gasteiger partial charge in [-0.25, -0.2) is 4.79 Å². The number of aromatic amines is 1. The van der Waals surface area contributed by atoms with Gasteiger partial charge in [0, 0.05) is 22.4 Å². The molecule has 0 saturated carbocycles. The van der Waals surface area contributed by atoms with E-state index in [2.05, 4.69) is 31.0 Å². The highest BCUT2D eigenvalue weighted by atomic mass is 32.2. The fraction of sp³-hybridized carbons (Fsp3) is 0.429. The third kappa shape index (κ3) is 4.91. The monoisotopic (exact) mass is 508 g/mol. The first-order chi connectivity index (χ1) is 16.8. The molecule has 1 atom stereocenters. The number of aliphatic hydroxyl groups is 1. The number of hydrogen-bond acceptors (Lipinski definition) is 7. The van der Waals surface area contributed by atoms with E-state index in [1.807, 2.05) is 51.1 Å². The van der Waals surface area contributed by atoms with Crippen molar-refractivity contribution in [3.05, 3.63) is 57.7 Å². The summed E-state index contributed by atoms with van der Waals surface area (Å²) in [6, 6.07) is 9.94. The minimum atomic E-state index is -0.800. The summed E-state index contributed by atoms with van der Waals surface area (Å²) in [6.45, 7) is 12.3. The normalized spacial score (nSPS) is 18.8. The second kappa shape index (κ2) is 9.39. The Kier molecular flexibility index (Phi) is 6.77. The summed E-state index contributed by atoms with van der Waals surface area (Å²) < 4.78 is 6.14. The Hall–Kier alpha value is -3.13. The van der Waals surface area contributed by atoms with Crippen LogP contribution in [-0.2, 0) is 21.4 Å². The number of aryl methyl sites for hydroxylation is 2. The Bertz CT molecular complexity index is 1350. The van der Waals surface area contributed by atoms with Gasteiger partial charge in [-0.2, -0.15) is 5.10 Å². The number of esters is 1. The number of hydrogen-bond donors (Lipinski definition) is 4. The molecular weight excluding hydrogens is 472 g/mol. The second-order valence-corrected chi connectivity index (χ2v) is 12.2. The molecule has 2 aromatic carbocycles. The lowest BCUT2D eigenvalue weighted by Crippen LogP contribution is -2.44. The van der Waals surface area contributed by atoms with Crippen LogP contribution >= 0.6 is 11.8 Å². The summed E-state index contributed by atoms with van der Waals surface area (Å²) in [7, 11) is 0. The number of H-pyrrole nitrogens is 1. The van der Waals surface area contributed by atoms with E-state index in [9.17, 15) is 9.90 Å². The zero-order valence-electron chi connectivity index (χ0n) is 21.9. The number of aromatic nitrogens is 2. The molecule has 8 heteroatoms. The molecule has 1 aromatic heterocycles. The number of anilines is 2. The van der Waals surface area contributed by atoms with Crippen molar-refractivity contribution >= 4 is 40.1 Å². The van der Waals surface area contributed by atoms with Crippen molar-refractivity contribution in [3.63, 3.8) is 0 Å². The van der Waals surface area contributed by atoms with Gasteiger partial charge in [0.25, 0.3) is 0 Å². The number of aliphatic hydroxyl groups excluding tert-OH is 1. The van der Waals surface area contributed by atoms with Crippen molar-refractivity contribution in [2.45, 2.75) is 76.7 Å². The summed E-state index contributed by atoms with van der Waals surface area (Å²) in [6.07, 6.45) is 1.52. The predicted molar refractivity (Wildman–Crippen MR) is 147 cm³/mol. The number of cyclic esters (lactones) is 1. The maximum Gasteiger partial charge on any atom is 0.349 e. The maximum absolute atomic E-state index is 13.3. The standard InChI is InChI=1S/C28H36N4O3S/c1-15(2)28(10-9-17-7-8-21-18(12-17)25(30)32-31-21)14-22(33)24(26(34)35-28)36-23-11-16(3)20(29)13-19(23)27(4,5)6/h7-8,11-13,15,33H,9-10,14,29H2,1-6H3,(H3,30,31,32). The summed E-state index contributed by atoms with van der Waals surface area (Å²) in [5.41, 5.74) is 15.8. The first kappa shape index (κ1) is 25.9. The van der Waals surface area contributed by atoms with Gasteiger partial charge in [0.05, 0.1) is 5.52 Å². The summed E-state index contributed by atoms with van der Waals surface area (Å²) in [5, 5.41) is 19.0. The van der Waals surface area contributed by atoms with Crippen LogP contribution in [0.1, 0.15) is 64.2 Å². The number of benzene rings is 2. The Morgan fingerprint density at radius 1 is 1.22 bits per heavy atom. The van der Waals surface area contributed by atoms with E-state index in [0.29, 0.717) is 24.3 Å². The summed E-state index contributed by atoms with van der Waals surface area (Å²) in [5.74, 6) is 0.0706. The number of carbonyl (C=O) groups excluding carboxylic acids is 1. The van der Waals surface area contributed by atoms with E-state index in [4.69, 9.17) is 16.2 Å². The van der Waals surface area contributed by atoms with Gasteiger partial charge in [-0.15, -0.1) is 0 Å². The summed E-state index contributed by atoms with van der Waals surface area (Å²) in [4.78, 5) is 14.5. The van der Waals surface area contributed by atoms with Crippen LogP contribution in [0.3, 0.4) is 0 Å². The van der Waals surface area contributed by atoms with Crippen LogP contribution in [0.4, 0.5) is 11.5 Å². The molecule has 0 fully saturated rings. The fourth-order valence-corrected chi connectivity index (χ4v) is 5.92. The van der Waals surface area contributed by atoms with Gasteiger partial charge in [0.15, 0.2) is 5.82 Å². The van der Waals surface area contributed by atoms with Gasteiger partial charge in [0.1, 0.15) is 16.3 Å². The van der Waals surface area contributed by atoms with Crippen molar-refractivity contribution < 1.29 is 14.6 Å². The van der Waals surface area contributed by atoms with E-state index in [-0.39, 0.29) is 28.4 Å². The number of nitrogen functional groups attached to an aromatic ring is 2. The molecule has 7 nitrogen and oxygen atoms in total. The molecule has 0 bridgehead atoms. The molecule has 3 aromatic rings. The van der Waals surface area contributed by atoms with Gasteiger partial charge in [-0.1, -0.05) is 52.4 Å². The lowest BCUT2D eigenvalue weighted by molar-refractivity contribution is -0.164. The van der Waals surface area contributed by atoms with E-state index < -0.39 is 11.6 Å². The lowest BCUT2D eigenvalue weighted by Gasteiger charge is -2.40. The molecule has 0 radical (unpaired) electrons. The van der Waals surface area contributed by atoms with Gasteiger partial charge >= 0.3 is 5.97 Å². The quantitative estimate of drug-likeness (QED) is 0.232. The molecule has 0 spiro atoms. The Labute approximate surface area is 216 Å². The Morgan fingerprint density at radius 3 is 2.58 bits per heavy atom. The topological polar surface area (TPSA) is 127 Å². The number of nitrogens with one attached hydrogen (secondary N) is 1. The van der Waals surface area contributed by atoms with Crippen LogP contribution in [0.2, 0.25) is 0 Å². The molecule has 2 heterocycles. The van der Waals surface area contributed by atoms with E-state index in [0.717, 1.165) is 32.5 Å². The van der Waals surface area contributed by atoms with Crippen LogP contribution in [0.5, 0.6) is 0 Å². The van der Waals surface area contributed by atoms with E-state index in [1.165, 1.54) is 11.8 Å². The van der Waals surface area contributed by atoms with E-state index in [1.54, 1.807) is 0 Å². The SMILES string of the molecule is Cc1cc(SC2=C(O)CC(CCc3ccc4[nH]nc(N)c4c3)(C(C)C)OC2=O)c(C(C)(C)C)cc1N. The zero-order valence-corrected chi connectivity index (χ0v) is 22.7. The van der Waals surface area contributed by atoms with E-state index >= 15 is 0 Å². The van der Waals surface area contributed by atoms with Crippen molar-refractivity contribution in [1.82, 2.24) is 10.2 Å². The molecule has 1 aliphatic rings. The molecule has 1 aliphatic heterocycles. The molecule has 6 N–H and O–H groups in total. The highest BCUT2D eigenvalue weighted by Crippen LogP contribution is 2.45. The highest BCUT2D eigenvalue weighted by molar-refractivity contribution is 8.04. The predicted octanol–water partition coefficient (Wildman–Crippen LogP) is 6.17. The summed E-state index contributed by atoms with van der Waals surface area (Å²) >= 11 is 1.26. The average Bonchev–Trinajstić information content (AvgIpc) is 3.16. The molecule has 36 heavy (non-hydrogen) atoms. The zero-order chi connectivity index (χ0) is 26.4. The number of carbonyl (C=O) groups is 1. The third-order valence-corrected chi connectivity index (χ3v) is 8.31. The number of nitrogens with two attached hydrogens (primary N) is 2. The minimum absolute atomic E-state index is 0.0155. The molecule has 0 saturated heterocycles. The van der Waals surface area contributed by atoms with Crippen molar-refractivity contribution in [3.8, 4) is 0 Å². The van der Waals surface area contributed by atoms with Crippen LogP contribution < -0.4 is 11.5 Å². The largest absolute Gasteiger partial charge is 0.511 e. The molecule has 0 amide bonds. The Balaban J connectivity index is 1.61. The van der Waals surface area contributed by atoms with Crippen LogP contribution in [0, 0.1) is 12.8 Å². The number of thioether (sulfide) groups is 1. The number of nitrogens with zero attached hydrogens (tertiary/aromatic N) is 1. The fourth-order valence-electron chi connectivity index (χ4n) is 4.67. The van der Waals surface area contributed by atoms with Crippen LogP contribution in [0.15, 0.2) is 45.9 Å². The average molecular weight is 509 g/mol. The third-order valence-electron chi connectivity index (χ3n) is 7.14. The number of rotatable bonds is 6. The number of ether oxygens (including phenoxy) is 1. The van der Waals surface area contributed by atoms with Crippen LogP contribution in [0.25, 0.3) is 10.9 Å². The molecule has 192 valence electrons. The first-order valence-corrected chi connectivity index (χ1v) is 13.1. The molecular formula is C28H36N4O3S. The maximum atomic E-state index is 13.3. The molecule has 1 unspecified atom stereocenters. The Morgan fingerprint density at radius 2 is 1.94 bits per heavy atom. The second-order valence-electron chi connectivity index (χ2n) is 11.1. The van der Waals surface area contributed by atoms with Crippen molar-refractivity contribution in [1.29, 1.82) is 0 Å². The van der Waals surface area contributed by atoms with Gasteiger partial charge in [-0.05, 0) is 72.1 Å². The van der Waals surface area contributed by atoms with Gasteiger partial charge in [0.2, 0.25) is 0 Å². The van der Waals surface area contributed by atoms with Crippen molar-refractivity contribution in [2.24, 2.45) is 5.92 Å².